The van der Waals surface area contributed by atoms with E-state index in [1.54, 1.807) is 12.1 Å². The first-order chi connectivity index (χ1) is 7.15. The van der Waals surface area contributed by atoms with E-state index in [4.69, 9.17) is 10.5 Å². The van der Waals surface area contributed by atoms with Gasteiger partial charge in [-0.2, -0.15) is 0 Å². The van der Waals surface area contributed by atoms with Crippen LogP contribution in [0.15, 0.2) is 18.2 Å². The molecule has 0 aliphatic rings. The molecule has 0 fully saturated rings. The number of nitrogens with one attached hydrogen (secondary N) is 1. The molecule has 0 radical (unpaired) electrons. The van der Waals surface area contributed by atoms with Gasteiger partial charge in [-0.15, -0.1) is 0 Å². The summed E-state index contributed by atoms with van der Waals surface area (Å²) in [6.07, 6.45) is 0. The van der Waals surface area contributed by atoms with Crippen LogP contribution in [-0.2, 0) is 0 Å². The number of carbonyl (C=O) groups excluding carboxylic acids is 1. The maximum Gasteiger partial charge on any atom is 0.248 e. The van der Waals surface area contributed by atoms with Gasteiger partial charge in [0.2, 0.25) is 5.91 Å². The van der Waals surface area contributed by atoms with Gasteiger partial charge in [-0.05, 0) is 37.7 Å². The van der Waals surface area contributed by atoms with Crippen LogP contribution >= 0.6 is 0 Å². The van der Waals surface area contributed by atoms with Gasteiger partial charge in [-0.1, -0.05) is 0 Å². The Morgan fingerprint density at radius 3 is 2.80 bits per heavy atom. The van der Waals surface area contributed by atoms with Crippen LogP contribution in [0, 0.1) is 6.92 Å². The standard InChI is InChI=1S/C11H16N2O2/c1-8-7-9(15-6-5-13-2)3-4-10(8)11(12)14/h3-4,7,13H,5-6H2,1-2H3,(H2,12,14). The lowest BCUT2D eigenvalue weighted by molar-refractivity contribution is 0.0999. The van der Waals surface area contributed by atoms with Gasteiger partial charge in [0.15, 0.2) is 0 Å². The van der Waals surface area contributed by atoms with Gasteiger partial charge >= 0.3 is 0 Å². The number of ether oxygens (including phenoxy) is 1. The highest BCUT2D eigenvalue weighted by molar-refractivity contribution is 5.94. The molecule has 0 aliphatic carbocycles. The fourth-order valence-corrected chi connectivity index (χ4v) is 1.27. The van der Waals surface area contributed by atoms with Crippen molar-refractivity contribution in [1.29, 1.82) is 0 Å². The predicted octanol–water partition coefficient (Wildman–Crippen LogP) is 0.692. The molecule has 0 heterocycles. The topological polar surface area (TPSA) is 64.3 Å². The number of carbonyl (C=O) groups is 1. The number of primary amides is 1. The van der Waals surface area contributed by atoms with Gasteiger partial charge in [0.05, 0.1) is 0 Å². The van der Waals surface area contributed by atoms with Gasteiger partial charge in [-0.3, -0.25) is 4.79 Å². The first-order valence-electron chi connectivity index (χ1n) is 4.83. The molecule has 0 aliphatic heterocycles. The number of rotatable bonds is 5. The maximum absolute atomic E-state index is 11.0. The molecule has 0 aromatic heterocycles. The third-order valence-corrected chi connectivity index (χ3v) is 2.08. The number of benzene rings is 1. The smallest absolute Gasteiger partial charge is 0.248 e. The number of amides is 1. The minimum Gasteiger partial charge on any atom is -0.492 e. The summed E-state index contributed by atoms with van der Waals surface area (Å²) in [5.41, 5.74) is 6.57. The highest BCUT2D eigenvalue weighted by atomic mass is 16.5. The van der Waals surface area contributed by atoms with E-state index in [0.717, 1.165) is 17.9 Å². The molecule has 0 atom stereocenters. The number of hydrogen-bond acceptors (Lipinski definition) is 3. The summed E-state index contributed by atoms with van der Waals surface area (Å²) in [5.74, 6) is 0.349. The summed E-state index contributed by atoms with van der Waals surface area (Å²) in [6.45, 7) is 3.23. The lowest BCUT2D eigenvalue weighted by Gasteiger charge is -2.08. The van der Waals surface area contributed by atoms with Crippen molar-refractivity contribution in [2.24, 2.45) is 5.73 Å². The summed E-state index contributed by atoms with van der Waals surface area (Å²) in [4.78, 5) is 11.0. The van der Waals surface area contributed by atoms with E-state index in [9.17, 15) is 4.79 Å². The second kappa shape index (κ2) is 5.36. The number of likely N-dealkylation sites (N-methyl/N-ethyl adjacent to an activating group) is 1. The Kier molecular flexibility index (Phi) is 4.12. The van der Waals surface area contributed by atoms with E-state index >= 15 is 0 Å². The fraction of sp³-hybridized carbons (Fsp3) is 0.364. The van der Waals surface area contributed by atoms with Crippen LogP contribution in [0.2, 0.25) is 0 Å². The average molecular weight is 208 g/mol. The Hall–Kier alpha value is -1.55. The second-order valence-corrected chi connectivity index (χ2v) is 3.29. The fourth-order valence-electron chi connectivity index (χ4n) is 1.27. The minimum absolute atomic E-state index is 0.408. The maximum atomic E-state index is 11.0. The van der Waals surface area contributed by atoms with Crippen molar-refractivity contribution in [2.45, 2.75) is 6.92 Å². The molecule has 15 heavy (non-hydrogen) atoms. The van der Waals surface area contributed by atoms with Crippen LogP contribution in [0.3, 0.4) is 0 Å². The molecule has 3 N–H and O–H groups in total. The molecule has 1 aromatic carbocycles. The molecular formula is C11H16N2O2. The third kappa shape index (κ3) is 3.25. The molecule has 1 amide bonds. The molecule has 82 valence electrons. The zero-order valence-electron chi connectivity index (χ0n) is 9.04. The van der Waals surface area contributed by atoms with Crippen molar-refractivity contribution >= 4 is 5.91 Å². The van der Waals surface area contributed by atoms with Crippen LogP contribution in [0.4, 0.5) is 0 Å². The Balaban J connectivity index is 2.69. The number of hydrogen-bond donors (Lipinski definition) is 2. The van der Waals surface area contributed by atoms with E-state index in [-0.39, 0.29) is 0 Å². The third-order valence-electron chi connectivity index (χ3n) is 2.08. The number of aryl methyl sites for hydroxylation is 1. The summed E-state index contributed by atoms with van der Waals surface area (Å²) in [7, 11) is 1.87. The van der Waals surface area contributed by atoms with Gasteiger partial charge in [-0.25, -0.2) is 0 Å². The molecular weight excluding hydrogens is 192 g/mol. The van der Waals surface area contributed by atoms with E-state index in [0.29, 0.717) is 12.2 Å². The highest BCUT2D eigenvalue weighted by Crippen LogP contribution is 2.16. The van der Waals surface area contributed by atoms with Crippen molar-refractivity contribution in [1.82, 2.24) is 5.32 Å². The summed E-state index contributed by atoms with van der Waals surface area (Å²) in [6, 6.07) is 5.25. The average Bonchev–Trinajstić information content (AvgIpc) is 2.17. The molecule has 1 rings (SSSR count). The van der Waals surface area contributed by atoms with Crippen LogP contribution < -0.4 is 15.8 Å². The molecule has 1 aromatic rings. The van der Waals surface area contributed by atoms with Crippen LogP contribution in [0.1, 0.15) is 15.9 Å². The molecule has 0 bridgehead atoms. The normalized spacial score (nSPS) is 10.0. The van der Waals surface area contributed by atoms with Gasteiger partial charge in [0, 0.05) is 12.1 Å². The Labute approximate surface area is 89.4 Å². The summed E-state index contributed by atoms with van der Waals surface area (Å²) < 4.78 is 5.45. The van der Waals surface area contributed by atoms with E-state index in [1.165, 1.54) is 0 Å². The zero-order valence-corrected chi connectivity index (χ0v) is 9.04. The summed E-state index contributed by atoms with van der Waals surface area (Å²) >= 11 is 0. The van der Waals surface area contributed by atoms with Crippen LogP contribution in [0.25, 0.3) is 0 Å². The van der Waals surface area contributed by atoms with Crippen molar-refractivity contribution in [3.05, 3.63) is 29.3 Å². The molecule has 4 heteroatoms. The van der Waals surface area contributed by atoms with E-state index in [2.05, 4.69) is 5.32 Å². The quantitative estimate of drug-likeness (QED) is 0.700. The van der Waals surface area contributed by atoms with Crippen molar-refractivity contribution < 1.29 is 9.53 Å². The Bertz CT molecular complexity index is 350. The summed E-state index contributed by atoms with van der Waals surface area (Å²) in [5, 5.41) is 2.98. The second-order valence-electron chi connectivity index (χ2n) is 3.29. The molecule has 4 nitrogen and oxygen atoms in total. The minimum atomic E-state index is -0.408. The van der Waals surface area contributed by atoms with Crippen molar-refractivity contribution in [2.75, 3.05) is 20.2 Å². The Morgan fingerprint density at radius 1 is 1.53 bits per heavy atom. The van der Waals surface area contributed by atoms with Gasteiger partial charge in [0.25, 0.3) is 0 Å². The lowest BCUT2D eigenvalue weighted by Crippen LogP contribution is -2.16. The SMILES string of the molecule is CNCCOc1ccc(C(N)=O)c(C)c1. The van der Waals surface area contributed by atoms with E-state index < -0.39 is 5.91 Å². The van der Waals surface area contributed by atoms with Crippen LogP contribution in [-0.4, -0.2) is 26.1 Å². The highest BCUT2D eigenvalue weighted by Gasteiger charge is 2.05. The first kappa shape index (κ1) is 11.5. The largest absolute Gasteiger partial charge is 0.492 e. The predicted molar refractivity (Wildman–Crippen MR) is 59.1 cm³/mol. The lowest BCUT2D eigenvalue weighted by atomic mass is 10.1. The van der Waals surface area contributed by atoms with Crippen molar-refractivity contribution in [3.8, 4) is 5.75 Å². The van der Waals surface area contributed by atoms with E-state index in [1.807, 2.05) is 20.0 Å². The molecule has 0 saturated heterocycles. The van der Waals surface area contributed by atoms with Crippen LogP contribution in [0.5, 0.6) is 5.75 Å². The number of nitrogens with two attached hydrogens (primary N) is 1. The van der Waals surface area contributed by atoms with Gasteiger partial charge in [0.1, 0.15) is 12.4 Å². The monoisotopic (exact) mass is 208 g/mol. The molecule has 0 unspecified atom stereocenters. The van der Waals surface area contributed by atoms with Crippen molar-refractivity contribution in [3.63, 3.8) is 0 Å². The molecule has 0 saturated carbocycles. The Morgan fingerprint density at radius 2 is 2.27 bits per heavy atom. The molecule has 0 spiro atoms. The zero-order chi connectivity index (χ0) is 11.3. The first-order valence-corrected chi connectivity index (χ1v) is 4.83. The van der Waals surface area contributed by atoms with Gasteiger partial charge < -0.3 is 15.8 Å².